The molecule has 1 amide bonds. The molecule has 0 aliphatic rings. The first-order valence-corrected chi connectivity index (χ1v) is 7.54. The predicted molar refractivity (Wildman–Crippen MR) is 92.3 cm³/mol. The van der Waals surface area contributed by atoms with Crippen molar-refractivity contribution >= 4 is 12.1 Å². The van der Waals surface area contributed by atoms with Crippen LogP contribution in [0.25, 0.3) is 0 Å². The molecular weight excluding hydrogens is 288 g/mol. The number of aliphatic hydroxyl groups excluding tert-OH is 1. The number of amides is 1. The average Bonchev–Trinajstić information content (AvgIpc) is 2.54. The zero-order valence-corrected chi connectivity index (χ0v) is 13.7. The highest BCUT2D eigenvalue weighted by Crippen LogP contribution is 2.21. The lowest BCUT2D eigenvalue weighted by atomic mass is 9.87. The summed E-state index contributed by atoms with van der Waals surface area (Å²) in [6, 6.07) is 16.7. The highest BCUT2D eigenvalue weighted by molar-refractivity contribution is 5.85. The minimum Gasteiger partial charge on any atom is -0.378 e. The summed E-state index contributed by atoms with van der Waals surface area (Å²) in [6.45, 7) is 6.46. The van der Waals surface area contributed by atoms with Crippen LogP contribution in [-0.2, 0) is 10.2 Å². The molecule has 4 heteroatoms. The summed E-state index contributed by atoms with van der Waals surface area (Å²) in [4.78, 5) is 11.8. The summed E-state index contributed by atoms with van der Waals surface area (Å²) in [5, 5.41) is 13.8. The van der Waals surface area contributed by atoms with Crippen LogP contribution < -0.4 is 5.43 Å². The van der Waals surface area contributed by atoms with Gasteiger partial charge in [0, 0.05) is 0 Å². The molecule has 0 unspecified atom stereocenters. The Morgan fingerprint density at radius 3 is 2.26 bits per heavy atom. The number of carbonyl (C=O) groups is 1. The van der Waals surface area contributed by atoms with Crippen molar-refractivity contribution in [1.82, 2.24) is 5.43 Å². The highest BCUT2D eigenvalue weighted by atomic mass is 16.3. The van der Waals surface area contributed by atoms with Crippen LogP contribution in [0.3, 0.4) is 0 Å². The molecule has 23 heavy (non-hydrogen) atoms. The Bertz CT molecular complexity index is 671. The van der Waals surface area contributed by atoms with Crippen molar-refractivity contribution < 1.29 is 9.90 Å². The molecular formula is C19H22N2O2. The Kier molecular flexibility index (Phi) is 5.29. The molecule has 2 aromatic carbocycles. The van der Waals surface area contributed by atoms with Crippen LogP contribution in [0.2, 0.25) is 0 Å². The molecule has 120 valence electrons. The second-order valence-electron chi connectivity index (χ2n) is 6.42. The van der Waals surface area contributed by atoms with Gasteiger partial charge in [-0.3, -0.25) is 4.79 Å². The first-order valence-electron chi connectivity index (χ1n) is 7.54. The van der Waals surface area contributed by atoms with Crippen molar-refractivity contribution in [3.63, 3.8) is 0 Å². The predicted octanol–water partition coefficient (Wildman–Crippen LogP) is 3.17. The average molecular weight is 310 g/mol. The van der Waals surface area contributed by atoms with Crippen LogP contribution in [0.15, 0.2) is 59.7 Å². The molecule has 0 aliphatic carbocycles. The largest absolute Gasteiger partial charge is 0.378 e. The number of hydrogen-bond donors (Lipinski definition) is 2. The Morgan fingerprint density at radius 1 is 1.09 bits per heavy atom. The lowest BCUT2D eigenvalue weighted by Gasteiger charge is -2.18. The molecule has 1 atom stereocenters. The maximum atomic E-state index is 11.8. The van der Waals surface area contributed by atoms with Gasteiger partial charge in [-0.05, 0) is 22.1 Å². The van der Waals surface area contributed by atoms with E-state index in [-0.39, 0.29) is 5.41 Å². The minimum absolute atomic E-state index is 0.101. The van der Waals surface area contributed by atoms with E-state index in [0.717, 1.165) is 5.56 Å². The third kappa shape index (κ3) is 4.76. The van der Waals surface area contributed by atoms with Crippen molar-refractivity contribution in [2.75, 3.05) is 0 Å². The van der Waals surface area contributed by atoms with E-state index in [0.29, 0.717) is 5.56 Å². The summed E-state index contributed by atoms with van der Waals surface area (Å²) in [7, 11) is 0. The van der Waals surface area contributed by atoms with Crippen LogP contribution in [0.1, 0.15) is 43.6 Å². The van der Waals surface area contributed by atoms with Crippen molar-refractivity contribution in [1.29, 1.82) is 0 Å². The van der Waals surface area contributed by atoms with Crippen molar-refractivity contribution in [2.24, 2.45) is 5.10 Å². The molecule has 2 aromatic rings. The Morgan fingerprint density at radius 2 is 1.70 bits per heavy atom. The second-order valence-corrected chi connectivity index (χ2v) is 6.42. The van der Waals surface area contributed by atoms with E-state index >= 15 is 0 Å². The van der Waals surface area contributed by atoms with Gasteiger partial charge in [0.05, 0.1) is 6.21 Å². The topological polar surface area (TPSA) is 61.7 Å². The number of nitrogens with one attached hydrogen (secondary N) is 1. The van der Waals surface area contributed by atoms with E-state index in [1.165, 1.54) is 5.56 Å². The van der Waals surface area contributed by atoms with Crippen LogP contribution >= 0.6 is 0 Å². The smallest absolute Gasteiger partial charge is 0.273 e. The van der Waals surface area contributed by atoms with E-state index in [9.17, 15) is 9.90 Å². The van der Waals surface area contributed by atoms with Crippen LogP contribution in [-0.4, -0.2) is 17.2 Å². The van der Waals surface area contributed by atoms with Crippen molar-refractivity contribution in [3.05, 3.63) is 71.3 Å². The van der Waals surface area contributed by atoms with E-state index in [2.05, 4.69) is 31.3 Å². The zero-order valence-electron chi connectivity index (χ0n) is 13.7. The van der Waals surface area contributed by atoms with E-state index < -0.39 is 12.0 Å². The maximum absolute atomic E-state index is 11.8. The standard InChI is InChI=1S/C19H22N2O2/c1-19(2,3)16-11-9-14(10-12-16)13-20-21-18(23)17(22)15-7-5-4-6-8-15/h4-13,17,22H,1-3H3,(H,21,23)/b20-13-/t17-/m1/s1. The Labute approximate surface area is 136 Å². The molecule has 2 N–H and O–H groups in total. The van der Waals surface area contributed by atoms with Crippen molar-refractivity contribution in [3.8, 4) is 0 Å². The van der Waals surface area contributed by atoms with Gasteiger partial charge in [-0.2, -0.15) is 5.10 Å². The summed E-state index contributed by atoms with van der Waals surface area (Å²) in [5.74, 6) is -0.557. The molecule has 2 rings (SSSR count). The molecule has 0 bridgehead atoms. The molecule has 0 heterocycles. The molecule has 0 spiro atoms. The van der Waals surface area contributed by atoms with Gasteiger partial charge < -0.3 is 5.11 Å². The molecule has 0 saturated heterocycles. The second kappa shape index (κ2) is 7.20. The Balaban J connectivity index is 1.95. The van der Waals surface area contributed by atoms with Crippen LogP contribution in [0, 0.1) is 0 Å². The third-order valence-corrected chi connectivity index (χ3v) is 3.53. The van der Waals surface area contributed by atoms with Gasteiger partial charge in [0.2, 0.25) is 0 Å². The molecule has 0 saturated carbocycles. The van der Waals surface area contributed by atoms with Crippen molar-refractivity contribution in [2.45, 2.75) is 32.3 Å². The first-order chi connectivity index (χ1) is 10.9. The van der Waals surface area contributed by atoms with Gasteiger partial charge in [0.15, 0.2) is 6.10 Å². The maximum Gasteiger partial charge on any atom is 0.273 e. The highest BCUT2D eigenvalue weighted by Gasteiger charge is 2.16. The summed E-state index contributed by atoms with van der Waals surface area (Å²) < 4.78 is 0. The molecule has 0 fully saturated rings. The molecule has 0 aliphatic heterocycles. The summed E-state index contributed by atoms with van der Waals surface area (Å²) in [6.07, 6.45) is 0.332. The van der Waals surface area contributed by atoms with Crippen LogP contribution in [0.5, 0.6) is 0 Å². The number of benzene rings is 2. The monoisotopic (exact) mass is 310 g/mol. The fourth-order valence-electron chi connectivity index (χ4n) is 2.09. The normalized spacial score (nSPS) is 13.0. The number of rotatable bonds is 4. The molecule has 0 radical (unpaired) electrons. The van der Waals surface area contributed by atoms with Gasteiger partial charge in [-0.1, -0.05) is 75.4 Å². The van der Waals surface area contributed by atoms with Gasteiger partial charge >= 0.3 is 0 Å². The van der Waals surface area contributed by atoms with Gasteiger partial charge in [-0.25, -0.2) is 5.43 Å². The SMILES string of the molecule is CC(C)(C)c1ccc(/C=N\NC(=O)[C@H](O)c2ccccc2)cc1. The molecule has 4 nitrogen and oxygen atoms in total. The molecule has 0 aromatic heterocycles. The van der Waals surface area contributed by atoms with E-state index in [1.54, 1.807) is 30.5 Å². The minimum atomic E-state index is -1.23. The fourth-order valence-corrected chi connectivity index (χ4v) is 2.09. The van der Waals surface area contributed by atoms with Crippen LogP contribution in [0.4, 0.5) is 0 Å². The quantitative estimate of drug-likeness (QED) is 0.673. The van der Waals surface area contributed by atoms with E-state index in [1.807, 2.05) is 30.3 Å². The number of hydrogen-bond acceptors (Lipinski definition) is 3. The number of nitrogens with zero attached hydrogens (tertiary/aromatic N) is 1. The third-order valence-electron chi connectivity index (χ3n) is 3.53. The summed E-state index contributed by atoms with van der Waals surface area (Å²) >= 11 is 0. The zero-order chi connectivity index (χ0) is 16.9. The fraction of sp³-hybridized carbons (Fsp3) is 0.263. The number of carbonyl (C=O) groups excluding carboxylic acids is 1. The summed E-state index contributed by atoms with van der Waals surface area (Å²) in [5.41, 5.74) is 5.11. The Hall–Kier alpha value is -2.46. The van der Waals surface area contributed by atoms with Gasteiger partial charge in [0.1, 0.15) is 0 Å². The van der Waals surface area contributed by atoms with Gasteiger partial charge in [-0.15, -0.1) is 0 Å². The lowest BCUT2D eigenvalue weighted by Crippen LogP contribution is -2.25. The van der Waals surface area contributed by atoms with E-state index in [4.69, 9.17) is 0 Å². The number of hydrazone groups is 1. The lowest BCUT2D eigenvalue weighted by molar-refractivity contribution is -0.129. The first kappa shape index (κ1) is 16.9. The number of aliphatic hydroxyl groups is 1. The van der Waals surface area contributed by atoms with Gasteiger partial charge in [0.25, 0.3) is 5.91 Å².